The Bertz CT molecular complexity index is 573. The fraction of sp³-hybridized carbons (Fsp3) is 0.500. The van der Waals surface area contributed by atoms with Crippen molar-refractivity contribution >= 4 is 15.6 Å². The van der Waals surface area contributed by atoms with Gasteiger partial charge in [0.25, 0.3) is 0 Å². The molecule has 0 N–H and O–H groups in total. The van der Waals surface area contributed by atoms with E-state index >= 15 is 0 Å². The van der Waals surface area contributed by atoms with Crippen molar-refractivity contribution in [3.8, 4) is 0 Å². The highest BCUT2D eigenvalue weighted by Gasteiger charge is 2.29. The molecule has 0 aliphatic carbocycles. The van der Waals surface area contributed by atoms with Crippen molar-refractivity contribution in [2.45, 2.75) is 26.7 Å². The highest BCUT2D eigenvalue weighted by Crippen LogP contribution is 2.24. The number of ketones is 1. The summed E-state index contributed by atoms with van der Waals surface area (Å²) in [4.78, 5) is 12.2. The van der Waals surface area contributed by atoms with E-state index in [0.29, 0.717) is 12.8 Å². The third-order valence-corrected chi connectivity index (χ3v) is 5.54. The van der Waals surface area contributed by atoms with Crippen LogP contribution in [0.5, 0.6) is 0 Å². The van der Waals surface area contributed by atoms with Crippen LogP contribution in [-0.2, 0) is 9.84 Å². The zero-order valence-corrected chi connectivity index (χ0v) is 11.6. The van der Waals surface area contributed by atoms with Crippen molar-refractivity contribution in [1.29, 1.82) is 0 Å². The van der Waals surface area contributed by atoms with Gasteiger partial charge in [0.2, 0.25) is 0 Å². The van der Waals surface area contributed by atoms with Gasteiger partial charge in [0.05, 0.1) is 11.5 Å². The average Bonchev–Trinajstić information content (AvgIpc) is 2.62. The molecule has 0 amide bonds. The number of rotatable bonds is 3. The van der Waals surface area contributed by atoms with E-state index in [1.165, 1.54) is 0 Å². The van der Waals surface area contributed by atoms with Crippen molar-refractivity contribution < 1.29 is 13.2 Å². The van der Waals surface area contributed by atoms with Gasteiger partial charge in [-0.3, -0.25) is 4.79 Å². The Labute approximate surface area is 108 Å². The highest BCUT2D eigenvalue weighted by atomic mass is 32.2. The van der Waals surface area contributed by atoms with Crippen LogP contribution >= 0.6 is 0 Å². The molecule has 1 aromatic rings. The van der Waals surface area contributed by atoms with Gasteiger partial charge in [0.15, 0.2) is 15.6 Å². The van der Waals surface area contributed by atoms with E-state index in [9.17, 15) is 13.2 Å². The molecule has 1 unspecified atom stereocenters. The molecular weight excluding hydrogens is 248 g/mol. The normalized spacial score (nSPS) is 22.0. The smallest absolute Gasteiger partial charge is 0.163 e. The number of hydrogen-bond acceptors (Lipinski definition) is 3. The second-order valence-corrected chi connectivity index (χ2v) is 7.37. The van der Waals surface area contributed by atoms with Gasteiger partial charge in [-0.15, -0.1) is 0 Å². The first kappa shape index (κ1) is 13.3. The van der Waals surface area contributed by atoms with E-state index in [1.807, 2.05) is 32.0 Å². The summed E-state index contributed by atoms with van der Waals surface area (Å²) in [6, 6.07) is 5.68. The standard InChI is InChI=1S/C14H18O3S/c1-10-4-3-5-13(11(10)2)14(15)8-12-6-7-18(16,17)9-12/h3-5,12H,6-9H2,1-2H3. The zero-order valence-electron chi connectivity index (χ0n) is 10.8. The third kappa shape index (κ3) is 2.80. The Morgan fingerprint density at radius 2 is 2.06 bits per heavy atom. The average molecular weight is 266 g/mol. The first-order chi connectivity index (χ1) is 8.39. The lowest BCUT2D eigenvalue weighted by atomic mass is 9.93. The molecule has 0 radical (unpaired) electrons. The zero-order chi connectivity index (χ0) is 13.3. The number of aryl methyl sites for hydroxylation is 1. The van der Waals surface area contributed by atoms with Gasteiger partial charge in [0, 0.05) is 12.0 Å². The fourth-order valence-corrected chi connectivity index (χ4v) is 4.32. The Kier molecular flexibility index (Phi) is 3.57. The number of carbonyl (C=O) groups is 1. The van der Waals surface area contributed by atoms with Gasteiger partial charge in [-0.1, -0.05) is 18.2 Å². The number of hydrogen-bond donors (Lipinski definition) is 0. The summed E-state index contributed by atoms with van der Waals surface area (Å²) >= 11 is 0. The number of sulfone groups is 1. The largest absolute Gasteiger partial charge is 0.294 e. The highest BCUT2D eigenvalue weighted by molar-refractivity contribution is 7.91. The van der Waals surface area contributed by atoms with Crippen LogP contribution in [0.25, 0.3) is 0 Å². The Morgan fingerprint density at radius 1 is 1.33 bits per heavy atom. The summed E-state index contributed by atoms with van der Waals surface area (Å²) in [5.74, 6) is 0.474. The van der Waals surface area contributed by atoms with Crippen LogP contribution in [0.1, 0.15) is 34.3 Å². The van der Waals surface area contributed by atoms with E-state index in [4.69, 9.17) is 0 Å². The summed E-state index contributed by atoms with van der Waals surface area (Å²) in [6.45, 7) is 3.92. The van der Waals surface area contributed by atoms with Crippen LogP contribution in [-0.4, -0.2) is 25.7 Å². The van der Waals surface area contributed by atoms with Gasteiger partial charge in [-0.05, 0) is 37.3 Å². The first-order valence-corrected chi connectivity index (χ1v) is 8.01. The summed E-state index contributed by atoms with van der Waals surface area (Å²) in [5.41, 5.74) is 2.84. The molecule has 1 aliphatic heterocycles. The lowest BCUT2D eigenvalue weighted by molar-refractivity contribution is 0.0965. The first-order valence-electron chi connectivity index (χ1n) is 6.19. The molecule has 1 atom stereocenters. The van der Waals surface area contributed by atoms with Crippen molar-refractivity contribution in [3.63, 3.8) is 0 Å². The number of carbonyl (C=O) groups excluding carboxylic acids is 1. The molecule has 1 heterocycles. The summed E-state index contributed by atoms with van der Waals surface area (Å²) in [6.07, 6.45) is 0.975. The van der Waals surface area contributed by atoms with Crippen LogP contribution in [0.4, 0.5) is 0 Å². The van der Waals surface area contributed by atoms with E-state index in [0.717, 1.165) is 16.7 Å². The maximum absolute atomic E-state index is 12.2. The SMILES string of the molecule is Cc1cccc(C(=O)CC2CCS(=O)(=O)C2)c1C. The Balaban J connectivity index is 2.11. The van der Waals surface area contributed by atoms with Crippen molar-refractivity contribution in [1.82, 2.24) is 0 Å². The minimum absolute atomic E-state index is 0.00223. The third-order valence-electron chi connectivity index (χ3n) is 3.71. The molecule has 1 fully saturated rings. The summed E-state index contributed by atoms with van der Waals surface area (Å²) < 4.78 is 22.7. The molecule has 0 saturated carbocycles. The lowest BCUT2D eigenvalue weighted by Gasteiger charge is -2.10. The van der Waals surface area contributed by atoms with Gasteiger partial charge in [0.1, 0.15) is 0 Å². The predicted octanol–water partition coefficient (Wildman–Crippen LogP) is 2.31. The maximum atomic E-state index is 12.2. The monoisotopic (exact) mass is 266 g/mol. The van der Waals surface area contributed by atoms with Crippen LogP contribution in [0.15, 0.2) is 18.2 Å². The van der Waals surface area contributed by atoms with E-state index in [2.05, 4.69) is 0 Å². The van der Waals surface area contributed by atoms with E-state index in [1.54, 1.807) is 0 Å². The molecule has 3 nitrogen and oxygen atoms in total. The summed E-state index contributed by atoms with van der Waals surface area (Å²) in [7, 11) is -2.89. The predicted molar refractivity (Wildman–Crippen MR) is 71.6 cm³/mol. The van der Waals surface area contributed by atoms with E-state index < -0.39 is 9.84 Å². The molecule has 4 heteroatoms. The topological polar surface area (TPSA) is 51.2 Å². The number of benzene rings is 1. The van der Waals surface area contributed by atoms with Gasteiger partial charge in [-0.25, -0.2) is 8.42 Å². The molecule has 18 heavy (non-hydrogen) atoms. The Hall–Kier alpha value is -1.16. The molecule has 1 saturated heterocycles. The fourth-order valence-electron chi connectivity index (χ4n) is 2.46. The lowest BCUT2D eigenvalue weighted by Crippen LogP contribution is -2.12. The molecule has 1 aromatic carbocycles. The summed E-state index contributed by atoms with van der Waals surface area (Å²) in [5, 5.41) is 0. The van der Waals surface area contributed by atoms with Crippen LogP contribution < -0.4 is 0 Å². The van der Waals surface area contributed by atoms with Crippen LogP contribution in [0, 0.1) is 19.8 Å². The van der Waals surface area contributed by atoms with Gasteiger partial charge >= 0.3 is 0 Å². The minimum Gasteiger partial charge on any atom is -0.294 e. The second-order valence-electron chi connectivity index (χ2n) is 5.14. The van der Waals surface area contributed by atoms with Crippen LogP contribution in [0.2, 0.25) is 0 Å². The van der Waals surface area contributed by atoms with Gasteiger partial charge in [-0.2, -0.15) is 0 Å². The molecule has 2 rings (SSSR count). The van der Waals surface area contributed by atoms with E-state index in [-0.39, 0.29) is 23.2 Å². The molecule has 98 valence electrons. The molecule has 0 aromatic heterocycles. The van der Waals surface area contributed by atoms with Crippen molar-refractivity contribution in [2.24, 2.45) is 5.92 Å². The quantitative estimate of drug-likeness (QED) is 0.789. The van der Waals surface area contributed by atoms with Gasteiger partial charge < -0.3 is 0 Å². The molecule has 0 bridgehead atoms. The van der Waals surface area contributed by atoms with Crippen molar-refractivity contribution in [2.75, 3.05) is 11.5 Å². The maximum Gasteiger partial charge on any atom is 0.163 e. The second kappa shape index (κ2) is 4.84. The van der Waals surface area contributed by atoms with Crippen molar-refractivity contribution in [3.05, 3.63) is 34.9 Å². The molecule has 0 spiro atoms. The molecule has 1 aliphatic rings. The minimum atomic E-state index is -2.89. The number of Topliss-reactive ketones (excluding diaryl/α,β-unsaturated/α-hetero) is 1. The molecular formula is C14H18O3S. The Morgan fingerprint density at radius 3 is 2.67 bits per heavy atom. The van der Waals surface area contributed by atoms with Crippen LogP contribution in [0.3, 0.4) is 0 Å².